The van der Waals surface area contributed by atoms with Gasteiger partial charge in [0, 0.05) is 0 Å². The summed E-state index contributed by atoms with van der Waals surface area (Å²) in [6.07, 6.45) is 0. The van der Waals surface area contributed by atoms with Crippen molar-refractivity contribution in [3.8, 4) is 23.0 Å². The van der Waals surface area contributed by atoms with E-state index in [0.29, 0.717) is 102 Å². The van der Waals surface area contributed by atoms with Crippen molar-refractivity contribution in [1.29, 1.82) is 0 Å². The number of aliphatic hydroxyl groups is 2. The van der Waals surface area contributed by atoms with Crippen molar-refractivity contribution in [2.24, 2.45) is 0 Å². The summed E-state index contributed by atoms with van der Waals surface area (Å²) in [5, 5.41) is 18.8. The Morgan fingerprint density at radius 1 is 0.417 bits per heavy atom. The molecule has 0 bridgehead atoms. The predicted octanol–water partition coefficient (Wildman–Crippen LogP) is 1.97. The fourth-order valence-electron chi connectivity index (χ4n) is 3.25. The number of aliphatic hydroxyl groups excluding tert-OH is 2. The van der Waals surface area contributed by atoms with Crippen LogP contribution in [0, 0.1) is 0 Å². The lowest BCUT2D eigenvalue weighted by atomic mass is 10.2. The number of hydrogen-bond acceptors (Lipinski definition) is 10. The molecular formula is C26H36O10. The first-order valence-corrected chi connectivity index (χ1v) is 12.1. The van der Waals surface area contributed by atoms with Gasteiger partial charge in [0.15, 0.2) is 23.0 Å². The van der Waals surface area contributed by atoms with Crippen molar-refractivity contribution >= 4 is 0 Å². The summed E-state index contributed by atoms with van der Waals surface area (Å²) < 4.78 is 45.5. The topological polar surface area (TPSA) is 114 Å². The summed E-state index contributed by atoms with van der Waals surface area (Å²) in [6.45, 7) is 4.37. The number of hydrogen-bond donors (Lipinski definition) is 2. The molecule has 0 aliphatic carbocycles. The average Bonchev–Trinajstić information content (AvgIpc) is 2.91. The van der Waals surface area contributed by atoms with E-state index in [9.17, 15) is 10.2 Å². The molecule has 1 aliphatic rings. The van der Waals surface area contributed by atoms with Gasteiger partial charge in [-0.2, -0.15) is 0 Å². The lowest BCUT2D eigenvalue weighted by Gasteiger charge is -2.15. The number of fused-ring (bicyclic) bond motifs is 2. The van der Waals surface area contributed by atoms with Gasteiger partial charge in [-0.1, -0.05) is 12.1 Å². The molecule has 3 rings (SSSR count). The molecule has 10 heteroatoms. The molecule has 36 heavy (non-hydrogen) atoms. The second-order valence-electron chi connectivity index (χ2n) is 7.72. The Labute approximate surface area is 211 Å². The maximum absolute atomic E-state index is 9.41. The van der Waals surface area contributed by atoms with Crippen molar-refractivity contribution in [2.45, 2.75) is 13.2 Å². The van der Waals surface area contributed by atoms with E-state index in [1.165, 1.54) is 0 Å². The van der Waals surface area contributed by atoms with Crippen LogP contribution < -0.4 is 18.9 Å². The third-order valence-electron chi connectivity index (χ3n) is 5.07. The van der Waals surface area contributed by atoms with Crippen molar-refractivity contribution in [1.82, 2.24) is 0 Å². The van der Waals surface area contributed by atoms with Crippen LogP contribution in [0.3, 0.4) is 0 Å². The summed E-state index contributed by atoms with van der Waals surface area (Å²) in [7, 11) is 0. The molecule has 0 unspecified atom stereocenters. The lowest BCUT2D eigenvalue weighted by Crippen LogP contribution is -2.15. The Morgan fingerprint density at radius 2 is 0.722 bits per heavy atom. The van der Waals surface area contributed by atoms with Crippen LogP contribution in [-0.2, 0) is 32.2 Å². The summed E-state index contributed by atoms with van der Waals surface area (Å²) >= 11 is 0. The van der Waals surface area contributed by atoms with E-state index in [4.69, 9.17) is 37.9 Å². The van der Waals surface area contributed by atoms with Gasteiger partial charge in [-0.15, -0.1) is 0 Å². The molecule has 2 N–H and O–H groups in total. The Hall–Kier alpha value is -2.60. The predicted molar refractivity (Wildman–Crippen MR) is 130 cm³/mol. The molecule has 0 saturated heterocycles. The highest BCUT2D eigenvalue weighted by Gasteiger charge is 2.09. The van der Waals surface area contributed by atoms with E-state index < -0.39 is 0 Å². The largest absolute Gasteiger partial charge is 0.487 e. The highest BCUT2D eigenvalue weighted by atomic mass is 16.6. The van der Waals surface area contributed by atoms with Gasteiger partial charge in [0.2, 0.25) is 0 Å². The first kappa shape index (κ1) is 28.0. The number of benzene rings is 2. The summed E-state index contributed by atoms with van der Waals surface area (Å²) in [5.74, 6) is 2.24. The summed E-state index contributed by atoms with van der Waals surface area (Å²) in [4.78, 5) is 0. The number of rotatable bonds is 2. The minimum absolute atomic E-state index is 0.0857. The van der Waals surface area contributed by atoms with Crippen LogP contribution in [0.5, 0.6) is 23.0 Å². The lowest BCUT2D eigenvalue weighted by molar-refractivity contribution is 0.0223. The average molecular weight is 509 g/mol. The molecule has 0 radical (unpaired) electrons. The monoisotopic (exact) mass is 508 g/mol. The van der Waals surface area contributed by atoms with Crippen molar-refractivity contribution < 1.29 is 48.1 Å². The van der Waals surface area contributed by atoms with E-state index in [1.807, 2.05) is 0 Å². The molecule has 10 nitrogen and oxygen atoms in total. The fraction of sp³-hybridized carbons (Fsp3) is 0.538. The quantitative estimate of drug-likeness (QED) is 0.624. The third kappa shape index (κ3) is 10.2. The van der Waals surface area contributed by atoms with Crippen LogP contribution in [0.15, 0.2) is 36.4 Å². The molecule has 0 fully saturated rings. The standard InChI is InChI=1S/C26H36O10/c27-19-21-1-3-23-25(17-21)35-15-11-31-8-6-30-10-14-34-24-4-2-22(20-28)18-26(24)36-16-12-32-7-5-29-9-13-33-23/h1-4,17-18,27-28H,5-16,19-20H2. The molecule has 0 saturated carbocycles. The molecule has 1 aliphatic heterocycles. The van der Waals surface area contributed by atoms with E-state index in [-0.39, 0.29) is 13.2 Å². The zero-order valence-corrected chi connectivity index (χ0v) is 20.5. The molecule has 0 aromatic heterocycles. The molecule has 1 heterocycles. The van der Waals surface area contributed by atoms with E-state index in [2.05, 4.69) is 0 Å². The Morgan fingerprint density at radius 3 is 1.06 bits per heavy atom. The summed E-state index contributed by atoms with van der Waals surface area (Å²) in [5.41, 5.74) is 1.46. The first-order chi connectivity index (χ1) is 17.8. The van der Waals surface area contributed by atoms with Gasteiger partial charge in [0.25, 0.3) is 0 Å². The maximum atomic E-state index is 9.41. The van der Waals surface area contributed by atoms with Crippen LogP contribution in [-0.4, -0.2) is 89.5 Å². The Balaban J connectivity index is 1.50. The molecule has 0 atom stereocenters. The fourth-order valence-corrected chi connectivity index (χ4v) is 3.25. The molecule has 2 aromatic rings. The van der Waals surface area contributed by atoms with Crippen molar-refractivity contribution in [3.63, 3.8) is 0 Å². The molecular weight excluding hydrogens is 472 g/mol. The zero-order valence-electron chi connectivity index (χ0n) is 20.5. The minimum atomic E-state index is -0.0857. The second kappa shape index (κ2) is 17.0. The SMILES string of the molecule is OCc1ccc2c(c1)OCCOCCOCCOc1ccc(CO)cc1OCCOCCOCCO2. The van der Waals surface area contributed by atoms with E-state index >= 15 is 0 Å². The van der Waals surface area contributed by atoms with Crippen LogP contribution in [0.2, 0.25) is 0 Å². The maximum Gasteiger partial charge on any atom is 0.161 e. The van der Waals surface area contributed by atoms with E-state index in [1.54, 1.807) is 36.4 Å². The van der Waals surface area contributed by atoms with Gasteiger partial charge < -0.3 is 48.1 Å². The normalized spacial score (nSPS) is 17.6. The van der Waals surface area contributed by atoms with Crippen LogP contribution in [0.25, 0.3) is 0 Å². The van der Waals surface area contributed by atoms with Crippen LogP contribution in [0.1, 0.15) is 11.1 Å². The van der Waals surface area contributed by atoms with Gasteiger partial charge in [0.1, 0.15) is 26.4 Å². The third-order valence-corrected chi connectivity index (χ3v) is 5.07. The van der Waals surface area contributed by atoms with Gasteiger partial charge in [-0.05, 0) is 35.4 Å². The molecule has 0 amide bonds. The van der Waals surface area contributed by atoms with Crippen molar-refractivity contribution in [2.75, 3.05) is 79.3 Å². The zero-order chi connectivity index (χ0) is 25.3. The van der Waals surface area contributed by atoms with Crippen molar-refractivity contribution in [3.05, 3.63) is 47.5 Å². The van der Waals surface area contributed by atoms with Gasteiger partial charge in [0.05, 0.1) is 66.1 Å². The molecule has 2 aromatic carbocycles. The van der Waals surface area contributed by atoms with Gasteiger partial charge in [-0.3, -0.25) is 0 Å². The minimum Gasteiger partial charge on any atom is -0.487 e. The molecule has 200 valence electrons. The first-order valence-electron chi connectivity index (χ1n) is 12.1. The Bertz CT molecular complexity index is 804. The van der Waals surface area contributed by atoms with Gasteiger partial charge >= 0.3 is 0 Å². The number of ether oxygens (including phenoxy) is 8. The van der Waals surface area contributed by atoms with Crippen LogP contribution in [0.4, 0.5) is 0 Å². The second-order valence-corrected chi connectivity index (χ2v) is 7.72. The van der Waals surface area contributed by atoms with Gasteiger partial charge in [-0.25, -0.2) is 0 Å². The smallest absolute Gasteiger partial charge is 0.161 e. The highest BCUT2D eigenvalue weighted by Crippen LogP contribution is 2.29. The Kier molecular flexibility index (Phi) is 13.2. The van der Waals surface area contributed by atoms with Crippen LogP contribution >= 0.6 is 0 Å². The molecule has 0 spiro atoms. The van der Waals surface area contributed by atoms with E-state index in [0.717, 1.165) is 11.1 Å². The summed E-state index contributed by atoms with van der Waals surface area (Å²) in [6, 6.07) is 10.6. The highest BCUT2D eigenvalue weighted by molar-refractivity contribution is 5.43.